The van der Waals surface area contributed by atoms with Crippen molar-refractivity contribution in [1.29, 1.82) is 0 Å². The summed E-state index contributed by atoms with van der Waals surface area (Å²) in [6.07, 6.45) is 3.15. The number of carbonyl (C=O) groups excluding carboxylic acids is 1. The Morgan fingerprint density at radius 1 is 1.17 bits per heavy atom. The largest absolute Gasteiger partial charge is 0.356 e. The van der Waals surface area contributed by atoms with E-state index in [1.165, 1.54) is 11.1 Å². The van der Waals surface area contributed by atoms with Crippen LogP contribution in [-0.4, -0.2) is 22.2 Å². The van der Waals surface area contributed by atoms with E-state index in [1.54, 1.807) is 0 Å². The van der Waals surface area contributed by atoms with E-state index >= 15 is 0 Å². The first-order chi connectivity index (χ1) is 11.2. The predicted octanol–water partition coefficient (Wildman–Crippen LogP) is 3.09. The summed E-state index contributed by atoms with van der Waals surface area (Å²) >= 11 is 0. The van der Waals surface area contributed by atoms with Gasteiger partial charge in [0.25, 0.3) is 0 Å². The second-order valence-electron chi connectivity index (χ2n) is 5.77. The first-order valence-electron chi connectivity index (χ1n) is 7.95. The molecule has 1 heterocycles. The summed E-state index contributed by atoms with van der Waals surface area (Å²) in [6, 6.07) is 16.4. The molecule has 1 N–H and O–H groups in total. The maximum absolute atomic E-state index is 12.0. The van der Waals surface area contributed by atoms with Gasteiger partial charge in [-0.2, -0.15) is 5.10 Å². The first kappa shape index (κ1) is 15.3. The summed E-state index contributed by atoms with van der Waals surface area (Å²) in [5, 5.41) is 8.46. The van der Waals surface area contributed by atoms with Crippen molar-refractivity contribution in [2.75, 3.05) is 6.54 Å². The van der Waals surface area contributed by atoms with Crippen LogP contribution in [0.1, 0.15) is 17.5 Å². The fraction of sp³-hybridized carbons (Fsp3) is 0.263. The molecular weight excluding hydrogens is 286 g/mol. The van der Waals surface area contributed by atoms with Gasteiger partial charge in [-0.05, 0) is 30.5 Å². The molecule has 1 amide bonds. The Bertz CT molecular complexity index is 793. The summed E-state index contributed by atoms with van der Waals surface area (Å²) in [5.74, 6) is 0.0669. The lowest BCUT2D eigenvalue weighted by Crippen LogP contribution is -2.26. The van der Waals surface area contributed by atoms with Crippen molar-refractivity contribution in [3.05, 3.63) is 65.9 Å². The second kappa shape index (κ2) is 7.09. The highest BCUT2D eigenvalue weighted by atomic mass is 16.1. The van der Waals surface area contributed by atoms with Gasteiger partial charge in [0, 0.05) is 18.4 Å². The molecule has 4 heteroatoms. The SMILES string of the molecule is Cc1ccc2cnn(CCC(=O)NCCc3ccccc3)c2c1. The van der Waals surface area contributed by atoms with Gasteiger partial charge in [-0.25, -0.2) is 0 Å². The number of carbonyl (C=O) groups is 1. The molecule has 0 aliphatic carbocycles. The molecule has 0 saturated carbocycles. The Labute approximate surface area is 136 Å². The number of nitrogens with zero attached hydrogens (tertiary/aromatic N) is 2. The maximum Gasteiger partial charge on any atom is 0.221 e. The molecule has 0 aliphatic rings. The van der Waals surface area contributed by atoms with E-state index in [0.29, 0.717) is 19.5 Å². The summed E-state index contributed by atoms with van der Waals surface area (Å²) in [7, 11) is 0. The van der Waals surface area contributed by atoms with Crippen LogP contribution in [0.3, 0.4) is 0 Å². The number of aromatic nitrogens is 2. The van der Waals surface area contributed by atoms with E-state index in [2.05, 4.69) is 47.7 Å². The highest BCUT2D eigenvalue weighted by molar-refractivity contribution is 5.80. The van der Waals surface area contributed by atoms with E-state index in [1.807, 2.05) is 29.1 Å². The van der Waals surface area contributed by atoms with Crippen LogP contribution in [0.25, 0.3) is 10.9 Å². The van der Waals surface area contributed by atoms with Crippen LogP contribution in [0.15, 0.2) is 54.7 Å². The molecule has 0 aliphatic heterocycles. The smallest absolute Gasteiger partial charge is 0.221 e. The number of nitrogens with one attached hydrogen (secondary N) is 1. The van der Waals surface area contributed by atoms with E-state index in [9.17, 15) is 4.79 Å². The number of hydrogen-bond acceptors (Lipinski definition) is 2. The van der Waals surface area contributed by atoms with Crippen LogP contribution in [0.5, 0.6) is 0 Å². The molecular formula is C19H21N3O. The van der Waals surface area contributed by atoms with Gasteiger partial charge in [-0.3, -0.25) is 9.48 Å². The fourth-order valence-corrected chi connectivity index (χ4v) is 2.65. The second-order valence-corrected chi connectivity index (χ2v) is 5.77. The Balaban J connectivity index is 1.49. The van der Waals surface area contributed by atoms with Gasteiger partial charge in [0.2, 0.25) is 5.91 Å². The molecule has 3 rings (SSSR count). The highest BCUT2D eigenvalue weighted by Gasteiger charge is 2.06. The number of fused-ring (bicyclic) bond motifs is 1. The lowest BCUT2D eigenvalue weighted by Gasteiger charge is -2.07. The molecule has 3 aromatic rings. The topological polar surface area (TPSA) is 46.9 Å². The zero-order valence-electron chi connectivity index (χ0n) is 13.3. The molecule has 0 bridgehead atoms. The molecule has 1 aromatic heterocycles. The molecule has 0 saturated heterocycles. The Hall–Kier alpha value is -2.62. The average Bonchev–Trinajstić information content (AvgIpc) is 2.96. The van der Waals surface area contributed by atoms with Crippen molar-refractivity contribution in [2.24, 2.45) is 0 Å². The van der Waals surface area contributed by atoms with Crippen molar-refractivity contribution in [2.45, 2.75) is 26.3 Å². The molecule has 0 fully saturated rings. The first-order valence-corrected chi connectivity index (χ1v) is 7.95. The van der Waals surface area contributed by atoms with Gasteiger partial charge in [0.1, 0.15) is 0 Å². The summed E-state index contributed by atoms with van der Waals surface area (Å²) in [5.41, 5.74) is 3.52. The van der Waals surface area contributed by atoms with Crippen LogP contribution in [0, 0.1) is 6.92 Å². The van der Waals surface area contributed by atoms with Crippen LogP contribution >= 0.6 is 0 Å². The molecule has 0 atom stereocenters. The number of rotatable bonds is 6. The Kier molecular flexibility index (Phi) is 4.71. The minimum atomic E-state index is 0.0669. The lowest BCUT2D eigenvalue weighted by atomic mass is 10.1. The highest BCUT2D eigenvalue weighted by Crippen LogP contribution is 2.15. The minimum absolute atomic E-state index is 0.0669. The van der Waals surface area contributed by atoms with E-state index in [0.717, 1.165) is 17.3 Å². The summed E-state index contributed by atoms with van der Waals surface area (Å²) in [4.78, 5) is 12.0. The van der Waals surface area contributed by atoms with Crippen molar-refractivity contribution < 1.29 is 4.79 Å². The van der Waals surface area contributed by atoms with E-state index in [-0.39, 0.29) is 5.91 Å². The van der Waals surface area contributed by atoms with Gasteiger partial charge in [-0.1, -0.05) is 42.5 Å². The summed E-state index contributed by atoms with van der Waals surface area (Å²) < 4.78 is 1.90. The van der Waals surface area contributed by atoms with Crippen LogP contribution in [-0.2, 0) is 17.8 Å². The zero-order valence-corrected chi connectivity index (χ0v) is 13.3. The maximum atomic E-state index is 12.0. The van der Waals surface area contributed by atoms with Crippen molar-refractivity contribution in [3.63, 3.8) is 0 Å². The van der Waals surface area contributed by atoms with Crippen molar-refractivity contribution in [1.82, 2.24) is 15.1 Å². The van der Waals surface area contributed by atoms with Crippen LogP contribution < -0.4 is 5.32 Å². The zero-order chi connectivity index (χ0) is 16.1. The van der Waals surface area contributed by atoms with Crippen LogP contribution in [0.4, 0.5) is 0 Å². The molecule has 23 heavy (non-hydrogen) atoms. The Morgan fingerprint density at radius 3 is 2.83 bits per heavy atom. The monoisotopic (exact) mass is 307 g/mol. The van der Waals surface area contributed by atoms with Crippen LogP contribution in [0.2, 0.25) is 0 Å². The minimum Gasteiger partial charge on any atom is -0.356 e. The lowest BCUT2D eigenvalue weighted by molar-refractivity contribution is -0.121. The third kappa shape index (κ3) is 3.97. The van der Waals surface area contributed by atoms with Gasteiger partial charge in [-0.15, -0.1) is 0 Å². The average molecular weight is 307 g/mol. The fourth-order valence-electron chi connectivity index (χ4n) is 2.65. The van der Waals surface area contributed by atoms with Crippen molar-refractivity contribution in [3.8, 4) is 0 Å². The molecule has 0 radical (unpaired) electrons. The number of aryl methyl sites for hydroxylation is 2. The van der Waals surface area contributed by atoms with Gasteiger partial charge >= 0.3 is 0 Å². The molecule has 2 aromatic carbocycles. The molecule has 4 nitrogen and oxygen atoms in total. The number of hydrogen-bond donors (Lipinski definition) is 1. The van der Waals surface area contributed by atoms with E-state index in [4.69, 9.17) is 0 Å². The quantitative estimate of drug-likeness (QED) is 0.760. The summed E-state index contributed by atoms with van der Waals surface area (Å²) in [6.45, 7) is 3.33. The van der Waals surface area contributed by atoms with Gasteiger partial charge in [0.15, 0.2) is 0 Å². The van der Waals surface area contributed by atoms with Crippen molar-refractivity contribution >= 4 is 16.8 Å². The van der Waals surface area contributed by atoms with E-state index < -0.39 is 0 Å². The molecule has 0 spiro atoms. The third-order valence-electron chi connectivity index (χ3n) is 3.93. The van der Waals surface area contributed by atoms with Gasteiger partial charge in [0.05, 0.1) is 18.3 Å². The van der Waals surface area contributed by atoms with Gasteiger partial charge < -0.3 is 5.32 Å². The molecule has 0 unspecified atom stereocenters. The normalized spacial score (nSPS) is 10.8. The number of benzene rings is 2. The number of amides is 1. The molecule has 118 valence electrons. The Morgan fingerprint density at radius 2 is 2.00 bits per heavy atom. The predicted molar refractivity (Wildman–Crippen MR) is 92.2 cm³/mol. The standard InChI is InChI=1S/C19H21N3O/c1-15-7-8-17-14-21-22(18(17)13-15)12-10-19(23)20-11-9-16-5-3-2-4-6-16/h2-8,13-14H,9-12H2,1H3,(H,20,23). The third-order valence-corrected chi connectivity index (χ3v) is 3.93.